The second-order valence-corrected chi connectivity index (χ2v) is 3.85. The van der Waals surface area contributed by atoms with E-state index in [-0.39, 0.29) is 11.9 Å². The molecule has 2 aliphatic rings. The van der Waals surface area contributed by atoms with E-state index in [1.807, 2.05) is 11.8 Å². The van der Waals surface area contributed by atoms with Gasteiger partial charge in [-0.2, -0.15) is 0 Å². The molecule has 2 fully saturated rings. The standard InChI is InChI=1S/C9H16N2O/c1-2-9(12)11-6-3-4-8(11)7(10)5-6/h6-8H,2-5,10H2,1H3. The molecule has 0 saturated carbocycles. The van der Waals surface area contributed by atoms with Gasteiger partial charge in [0.25, 0.3) is 0 Å². The van der Waals surface area contributed by atoms with Crippen LogP contribution in [-0.2, 0) is 4.79 Å². The van der Waals surface area contributed by atoms with Crippen molar-refractivity contribution >= 4 is 5.91 Å². The van der Waals surface area contributed by atoms with E-state index >= 15 is 0 Å². The van der Waals surface area contributed by atoms with Crippen LogP contribution in [0.25, 0.3) is 0 Å². The Labute approximate surface area is 72.9 Å². The van der Waals surface area contributed by atoms with Gasteiger partial charge in [0.15, 0.2) is 0 Å². The molecular formula is C9H16N2O. The summed E-state index contributed by atoms with van der Waals surface area (Å²) in [7, 11) is 0. The fourth-order valence-electron chi connectivity index (χ4n) is 2.61. The smallest absolute Gasteiger partial charge is 0.222 e. The van der Waals surface area contributed by atoms with E-state index in [9.17, 15) is 4.79 Å². The van der Waals surface area contributed by atoms with Crippen molar-refractivity contribution < 1.29 is 4.79 Å². The van der Waals surface area contributed by atoms with Crippen LogP contribution in [0.15, 0.2) is 0 Å². The minimum Gasteiger partial charge on any atom is -0.335 e. The van der Waals surface area contributed by atoms with Crippen LogP contribution < -0.4 is 5.73 Å². The summed E-state index contributed by atoms with van der Waals surface area (Å²) in [5.41, 5.74) is 5.91. The lowest BCUT2D eigenvalue weighted by molar-refractivity contribution is -0.132. The Morgan fingerprint density at radius 3 is 2.75 bits per heavy atom. The number of hydrogen-bond acceptors (Lipinski definition) is 2. The molecule has 3 nitrogen and oxygen atoms in total. The van der Waals surface area contributed by atoms with Crippen LogP contribution in [-0.4, -0.2) is 28.9 Å². The Bertz CT molecular complexity index is 205. The van der Waals surface area contributed by atoms with Crippen LogP contribution >= 0.6 is 0 Å². The summed E-state index contributed by atoms with van der Waals surface area (Å²) in [6.45, 7) is 1.92. The Hall–Kier alpha value is -0.570. The highest BCUT2D eigenvalue weighted by molar-refractivity contribution is 5.77. The van der Waals surface area contributed by atoms with Crippen LogP contribution in [0.2, 0.25) is 0 Å². The molecule has 0 aromatic carbocycles. The molecule has 2 rings (SSSR count). The second-order valence-electron chi connectivity index (χ2n) is 3.85. The zero-order chi connectivity index (χ0) is 8.72. The van der Waals surface area contributed by atoms with Gasteiger partial charge in [-0.1, -0.05) is 6.92 Å². The maximum Gasteiger partial charge on any atom is 0.222 e. The molecule has 3 unspecified atom stereocenters. The Morgan fingerprint density at radius 1 is 1.58 bits per heavy atom. The highest BCUT2D eigenvalue weighted by Gasteiger charge is 2.46. The lowest BCUT2D eigenvalue weighted by Gasteiger charge is -2.22. The predicted molar refractivity (Wildman–Crippen MR) is 46.5 cm³/mol. The van der Waals surface area contributed by atoms with Crippen LogP contribution in [0, 0.1) is 0 Å². The number of fused-ring (bicyclic) bond motifs is 2. The lowest BCUT2D eigenvalue weighted by Crippen LogP contribution is -2.40. The van der Waals surface area contributed by atoms with Crippen molar-refractivity contribution in [1.82, 2.24) is 4.90 Å². The Morgan fingerprint density at radius 2 is 2.33 bits per heavy atom. The number of carbonyl (C=O) groups excluding carboxylic acids is 1. The van der Waals surface area contributed by atoms with Gasteiger partial charge in [0, 0.05) is 24.5 Å². The Kier molecular flexibility index (Phi) is 1.83. The third kappa shape index (κ3) is 0.959. The summed E-state index contributed by atoms with van der Waals surface area (Å²) in [5.74, 6) is 0.287. The minimum absolute atomic E-state index is 0.249. The van der Waals surface area contributed by atoms with E-state index in [2.05, 4.69) is 0 Å². The molecule has 0 spiro atoms. The van der Waals surface area contributed by atoms with Gasteiger partial charge < -0.3 is 10.6 Å². The average molecular weight is 168 g/mol. The van der Waals surface area contributed by atoms with Crippen LogP contribution in [0.1, 0.15) is 32.6 Å². The van der Waals surface area contributed by atoms with Crippen molar-refractivity contribution in [2.75, 3.05) is 0 Å². The highest BCUT2D eigenvalue weighted by Crippen LogP contribution is 2.36. The van der Waals surface area contributed by atoms with Gasteiger partial charge in [-0.05, 0) is 19.3 Å². The molecule has 0 aliphatic carbocycles. The first-order valence-corrected chi connectivity index (χ1v) is 4.80. The zero-order valence-corrected chi connectivity index (χ0v) is 7.49. The molecule has 2 heterocycles. The van der Waals surface area contributed by atoms with Crippen LogP contribution in [0.3, 0.4) is 0 Å². The SMILES string of the molecule is CCC(=O)N1C2CCC1C(N)C2. The van der Waals surface area contributed by atoms with Crippen molar-refractivity contribution in [2.24, 2.45) is 5.73 Å². The summed E-state index contributed by atoms with van der Waals surface area (Å²) >= 11 is 0. The van der Waals surface area contributed by atoms with Crippen molar-refractivity contribution in [2.45, 2.75) is 50.7 Å². The van der Waals surface area contributed by atoms with Gasteiger partial charge in [-0.25, -0.2) is 0 Å². The van der Waals surface area contributed by atoms with E-state index < -0.39 is 0 Å². The molecule has 3 heteroatoms. The third-order valence-corrected chi connectivity index (χ3v) is 3.18. The molecule has 1 amide bonds. The van der Waals surface area contributed by atoms with Crippen molar-refractivity contribution in [3.05, 3.63) is 0 Å². The molecule has 0 radical (unpaired) electrons. The minimum atomic E-state index is 0.249. The summed E-state index contributed by atoms with van der Waals surface area (Å²) in [6, 6.07) is 1.08. The predicted octanol–water partition coefficient (Wildman–Crippen LogP) is 0.487. The maximum absolute atomic E-state index is 11.5. The fourth-order valence-corrected chi connectivity index (χ4v) is 2.61. The summed E-state index contributed by atoms with van der Waals surface area (Å²) < 4.78 is 0. The van der Waals surface area contributed by atoms with Crippen LogP contribution in [0.4, 0.5) is 0 Å². The largest absolute Gasteiger partial charge is 0.335 e. The molecule has 68 valence electrons. The lowest BCUT2D eigenvalue weighted by atomic mass is 9.97. The van der Waals surface area contributed by atoms with Crippen molar-refractivity contribution in [1.29, 1.82) is 0 Å². The quantitative estimate of drug-likeness (QED) is 0.619. The molecule has 2 bridgehead atoms. The van der Waals surface area contributed by atoms with E-state index in [1.165, 1.54) is 6.42 Å². The Balaban J connectivity index is 2.13. The van der Waals surface area contributed by atoms with E-state index in [4.69, 9.17) is 5.73 Å². The summed E-state index contributed by atoms with van der Waals surface area (Å²) in [4.78, 5) is 13.5. The molecule has 12 heavy (non-hydrogen) atoms. The first kappa shape index (κ1) is 8.05. The summed E-state index contributed by atoms with van der Waals surface area (Å²) in [6.07, 6.45) is 3.94. The number of nitrogens with two attached hydrogens (primary N) is 1. The van der Waals surface area contributed by atoms with Crippen LogP contribution in [0.5, 0.6) is 0 Å². The van der Waals surface area contributed by atoms with Gasteiger partial charge in [-0.3, -0.25) is 4.79 Å². The molecule has 3 atom stereocenters. The molecule has 2 aliphatic heterocycles. The monoisotopic (exact) mass is 168 g/mol. The average Bonchev–Trinajstić information content (AvgIpc) is 2.59. The number of amides is 1. The van der Waals surface area contributed by atoms with E-state index in [1.54, 1.807) is 0 Å². The molecule has 2 saturated heterocycles. The second kappa shape index (κ2) is 2.73. The van der Waals surface area contributed by atoms with Crippen molar-refractivity contribution in [3.8, 4) is 0 Å². The van der Waals surface area contributed by atoms with Gasteiger partial charge in [0.05, 0.1) is 0 Å². The highest BCUT2D eigenvalue weighted by atomic mass is 16.2. The fraction of sp³-hybridized carbons (Fsp3) is 0.889. The topological polar surface area (TPSA) is 46.3 Å². The van der Waals surface area contributed by atoms with Gasteiger partial charge in [0.1, 0.15) is 0 Å². The molecular weight excluding hydrogens is 152 g/mol. The molecule has 0 aromatic rings. The van der Waals surface area contributed by atoms with E-state index in [0.717, 1.165) is 12.8 Å². The first-order valence-electron chi connectivity index (χ1n) is 4.80. The van der Waals surface area contributed by atoms with Gasteiger partial charge in [-0.15, -0.1) is 0 Å². The maximum atomic E-state index is 11.5. The third-order valence-electron chi connectivity index (χ3n) is 3.18. The van der Waals surface area contributed by atoms with E-state index in [0.29, 0.717) is 18.5 Å². The number of nitrogens with zero attached hydrogens (tertiary/aromatic N) is 1. The normalized spacial score (nSPS) is 39.2. The number of hydrogen-bond donors (Lipinski definition) is 1. The van der Waals surface area contributed by atoms with Gasteiger partial charge in [0.2, 0.25) is 5.91 Å². The first-order chi connectivity index (χ1) is 5.74. The number of rotatable bonds is 1. The molecule has 2 N–H and O–H groups in total. The molecule has 0 aromatic heterocycles. The number of carbonyl (C=O) groups is 1. The summed E-state index contributed by atoms with van der Waals surface area (Å²) in [5, 5.41) is 0. The van der Waals surface area contributed by atoms with Crippen molar-refractivity contribution in [3.63, 3.8) is 0 Å². The zero-order valence-electron chi connectivity index (χ0n) is 7.49. The van der Waals surface area contributed by atoms with Gasteiger partial charge >= 0.3 is 0 Å².